The molecule has 0 spiro atoms. The Hall–Kier alpha value is -0.160. The Morgan fingerprint density at radius 1 is 1.36 bits per heavy atom. The van der Waals surface area contributed by atoms with Gasteiger partial charge in [-0.3, -0.25) is 5.32 Å². The van der Waals surface area contributed by atoms with Crippen molar-refractivity contribution in [3.8, 4) is 0 Å². The lowest BCUT2D eigenvalue weighted by molar-refractivity contribution is -0.186. The van der Waals surface area contributed by atoms with Crippen molar-refractivity contribution in [3.63, 3.8) is 0 Å². The first kappa shape index (κ1) is 11.9. The summed E-state index contributed by atoms with van der Waals surface area (Å²) in [5, 5.41) is 15.9. The lowest BCUT2D eigenvalue weighted by Gasteiger charge is -2.30. The van der Waals surface area contributed by atoms with E-state index in [2.05, 4.69) is 10.6 Å². The summed E-state index contributed by atoms with van der Waals surface area (Å²) in [6.45, 7) is 7.82. The average Bonchev–Trinajstić information content (AvgIpc) is 2.02. The SMILES string of the molecule is CC(C)(C)OC(O)NC1CCNCC1. The number of aliphatic hydroxyl groups excluding tert-OH is 1. The van der Waals surface area contributed by atoms with E-state index >= 15 is 0 Å². The van der Waals surface area contributed by atoms with Crippen molar-refractivity contribution in [2.45, 2.75) is 51.7 Å². The summed E-state index contributed by atoms with van der Waals surface area (Å²) in [7, 11) is 0. The van der Waals surface area contributed by atoms with E-state index in [1.54, 1.807) is 0 Å². The minimum atomic E-state index is -0.849. The minimum Gasteiger partial charge on any atom is -0.356 e. The average molecular weight is 202 g/mol. The summed E-state index contributed by atoms with van der Waals surface area (Å²) in [6.07, 6.45) is 1.24. The minimum absolute atomic E-state index is 0.306. The molecule has 0 aliphatic carbocycles. The molecule has 84 valence electrons. The highest BCUT2D eigenvalue weighted by Gasteiger charge is 2.20. The van der Waals surface area contributed by atoms with Crippen LogP contribution < -0.4 is 10.6 Å². The van der Waals surface area contributed by atoms with Crippen LogP contribution in [0, 0.1) is 0 Å². The topological polar surface area (TPSA) is 53.5 Å². The lowest BCUT2D eigenvalue weighted by atomic mass is 10.1. The highest BCUT2D eigenvalue weighted by Crippen LogP contribution is 2.10. The summed E-state index contributed by atoms with van der Waals surface area (Å²) in [5.74, 6) is 0. The number of hydrogen-bond donors (Lipinski definition) is 3. The fourth-order valence-electron chi connectivity index (χ4n) is 1.56. The Morgan fingerprint density at radius 3 is 2.43 bits per heavy atom. The highest BCUT2D eigenvalue weighted by molar-refractivity contribution is 4.74. The third-order valence-corrected chi connectivity index (χ3v) is 2.18. The quantitative estimate of drug-likeness (QED) is 0.581. The van der Waals surface area contributed by atoms with Crippen LogP contribution >= 0.6 is 0 Å². The zero-order chi connectivity index (χ0) is 10.6. The summed E-state index contributed by atoms with van der Waals surface area (Å²) in [5.41, 5.74) is -0.306. The van der Waals surface area contributed by atoms with Gasteiger partial charge in [0.1, 0.15) is 0 Å². The van der Waals surface area contributed by atoms with Crippen LogP contribution in [0.25, 0.3) is 0 Å². The molecule has 0 aromatic rings. The zero-order valence-corrected chi connectivity index (χ0v) is 9.34. The summed E-state index contributed by atoms with van der Waals surface area (Å²) in [4.78, 5) is 0. The molecule has 1 atom stereocenters. The molecule has 1 unspecified atom stereocenters. The standard InChI is InChI=1S/C10H22N2O2/c1-10(2,3)14-9(13)12-8-4-6-11-7-5-8/h8-9,11-13H,4-7H2,1-3H3. The molecule has 1 aliphatic rings. The van der Waals surface area contributed by atoms with Crippen LogP contribution in [0.1, 0.15) is 33.6 Å². The van der Waals surface area contributed by atoms with Crippen molar-refractivity contribution in [1.82, 2.24) is 10.6 Å². The van der Waals surface area contributed by atoms with Crippen LogP contribution in [0.3, 0.4) is 0 Å². The van der Waals surface area contributed by atoms with E-state index in [0.29, 0.717) is 6.04 Å². The molecule has 0 saturated carbocycles. The van der Waals surface area contributed by atoms with Crippen LogP contribution in [-0.2, 0) is 4.74 Å². The second-order valence-corrected chi connectivity index (χ2v) is 4.77. The van der Waals surface area contributed by atoms with Gasteiger partial charge in [0.15, 0.2) is 0 Å². The maximum Gasteiger partial charge on any atom is 0.214 e. The number of hydrogen-bond acceptors (Lipinski definition) is 4. The third kappa shape index (κ3) is 4.91. The van der Waals surface area contributed by atoms with Gasteiger partial charge in [-0.05, 0) is 46.7 Å². The summed E-state index contributed by atoms with van der Waals surface area (Å²) >= 11 is 0. The molecule has 14 heavy (non-hydrogen) atoms. The van der Waals surface area contributed by atoms with Crippen LogP contribution in [-0.4, -0.2) is 36.3 Å². The van der Waals surface area contributed by atoms with E-state index in [1.165, 1.54) is 0 Å². The number of nitrogens with one attached hydrogen (secondary N) is 2. The van der Waals surface area contributed by atoms with E-state index in [1.807, 2.05) is 20.8 Å². The van der Waals surface area contributed by atoms with Crippen LogP contribution in [0.15, 0.2) is 0 Å². The second kappa shape index (κ2) is 5.07. The van der Waals surface area contributed by atoms with E-state index < -0.39 is 6.41 Å². The molecule has 0 aromatic carbocycles. The number of aliphatic hydroxyl groups is 1. The number of rotatable bonds is 3. The third-order valence-electron chi connectivity index (χ3n) is 2.18. The predicted octanol–water partition coefficient (Wildman–Crippen LogP) is 0.419. The second-order valence-electron chi connectivity index (χ2n) is 4.77. The maximum atomic E-state index is 9.58. The van der Waals surface area contributed by atoms with Crippen molar-refractivity contribution in [3.05, 3.63) is 0 Å². The molecule has 1 fully saturated rings. The molecular weight excluding hydrogens is 180 g/mol. The van der Waals surface area contributed by atoms with Gasteiger partial charge in [0.2, 0.25) is 6.41 Å². The first-order chi connectivity index (χ1) is 6.47. The van der Waals surface area contributed by atoms with Crippen molar-refractivity contribution >= 4 is 0 Å². The van der Waals surface area contributed by atoms with Gasteiger partial charge >= 0.3 is 0 Å². The van der Waals surface area contributed by atoms with Gasteiger partial charge in [-0.25, -0.2) is 0 Å². The summed E-state index contributed by atoms with van der Waals surface area (Å²) in [6, 6.07) is 0.369. The fraction of sp³-hybridized carbons (Fsp3) is 1.00. The molecule has 0 bridgehead atoms. The van der Waals surface area contributed by atoms with Gasteiger partial charge in [-0.2, -0.15) is 0 Å². The van der Waals surface area contributed by atoms with Gasteiger partial charge in [0.05, 0.1) is 5.60 Å². The highest BCUT2D eigenvalue weighted by atomic mass is 16.6. The van der Waals surface area contributed by atoms with Crippen LogP contribution in [0.2, 0.25) is 0 Å². The smallest absolute Gasteiger partial charge is 0.214 e. The molecule has 4 nitrogen and oxygen atoms in total. The maximum absolute atomic E-state index is 9.58. The van der Waals surface area contributed by atoms with Crippen LogP contribution in [0.4, 0.5) is 0 Å². The molecule has 0 amide bonds. The largest absolute Gasteiger partial charge is 0.356 e. The predicted molar refractivity (Wildman–Crippen MR) is 55.9 cm³/mol. The summed E-state index contributed by atoms with van der Waals surface area (Å²) < 4.78 is 5.36. The van der Waals surface area contributed by atoms with Gasteiger partial charge in [-0.15, -0.1) is 0 Å². The lowest BCUT2D eigenvalue weighted by Crippen LogP contribution is -2.47. The van der Waals surface area contributed by atoms with Crippen molar-refractivity contribution < 1.29 is 9.84 Å². The number of piperidine rings is 1. The zero-order valence-electron chi connectivity index (χ0n) is 9.34. The normalized spacial score (nSPS) is 22.3. The molecular formula is C10H22N2O2. The molecule has 0 radical (unpaired) electrons. The van der Waals surface area contributed by atoms with Gasteiger partial charge in [0, 0.05) is 6.04 Å². The molecule has 1 rings (SSSR count). The van der Waals surface area contributed by atoms with E-state index in [9.17, 15) is 5.11 Å². The molecule has 0 aromatic heterocycles. The van der Waals surface area contributed by atoms with Crippen LogP contribution in [0.5, 0.6) is 0 Å². The van der Waals surface area contributed by atoms with Crippen molar-refractivity contribution in [2.24, 2.45) is 0 Å². The first-order valence-corrected chi connectivity index (χ1v) is 5.30. The molecule has 1 heterocycles. The Balaban J connectivity index is 2.21. The first-order valence-electron chi connectivity index (χ1n) is 5.30. The monoisotopic (exact) mass is 202 g/mol. The fourth-order valence-corrected chi connectivity index (χ4v) is 1.56. The van der Waals surface area contributed by atoms with Gasteiger partial charge < -0.3 is 15.2 Å². The van der Waals surface area contributed by atoms with E-state index in [0.717, 1.165) is 25.9 Å². The molecule has 4 heteroatoms. The Bertz CT molecular complexity index is 162. The Morgan fingerprint density at radius 2 is 1.93 bits per heavy atom. The van der Waals surface area contributed by atoms with E-state index in [-0.39, 0.29) is 5.60 Å². The Labute approximate surface area is 86.0 Å². The molecule has 1 aliphatic heterocycles. The van der Waals surface area contributed by atoms with Crippen molar-refractivity contribution in [2.75, 3.05) is 13.1 Å². The Kier molecular flexibility index (Phi) is 4.31. The molecule has 3 N–H and O–H groups in total. The van der Waals surface area contributed by atoms with Gasteiger partial charge in [0.25, 0.3) is 0 Å². The molecule has 1 saturated heterocycles. The number of ether oxygens (including phenoxy) is 1. The van der Waals surface area contributed by atoms with E-state index in [4.69, 9.17) is 4.74 Å². The van der Waals surface area contributed by atoms with Gasteiger partial charge in [-0.1, -0.05) is 0 Å². The van der Waals surface area contributed by atoms with Crippen molar-refractivity contribution in [1.29, 1.82) is 0 Å².